The van der Waals surface area contributed by atoms with Gasteiger partial charge in [0.1, 0.15) is 5.75 Å². The lowest BCUT2D eigenvalue weighted by Gasteiger charge is -2.19. The first-order valence-corrected chi connectivity index (χ1v) is 10.1. The summed E-state index contributed by atoms with van der Waals surface area (Å²) < 4.78 is 30.9. The Morgan fingerprint density at radius 2 is 1.41 bits per heavy atom. The first-order chi connectivity index (χ1) is 12.6. The van der Waals surface area contributed by atoms with E-state index in [1.807, 2.05) is 39.8 Å². The Balaban J connectivity index is 2.11. The lowest BCUT2D eigenvalue weighted by Crippen LogP contribution is -2.44. The van der Waals surface area contributed by atoms with Gasteiger partial charge in [0, 0.05) is 0 Å². The van der Waals surface area contributed by atoms with Crippen molar-refractivity contribution in [1.29, 1.82) is 0 Å². The van der Waals surface area contributed by atoms with Gasteiger partial charge in [-0.2, -0.15) is 0 Å². The molecular weight excluding hydrogens is 364 g/mol. The molecule has 0 saturated heterocycles. The van der Waals surface area contributed by atoms with E-state index in [2.05, 4.69) is 10.3 Å². The van der Waals surface area contributed by atoms with Crippen molar-refractivity contribution in [3.8, 4) is 5.75 Å². The van der Waals surface area contributed by atoms with E-state index in [1.54, 1.807) is 26.0 Å². The molecule has 2 aromatic rings. The predicted molar refractivity (Wildman–Crippen MR) is 105 cm³/mol. The fourth-order valence-electron chi connectivity index (χ4n) is 2.94. The van der Waals surface area contributed by atoms with Gasteiger partial charge in [-0.05, 0) is 81.0 Å². The van der Waals surface area contributed by atoms with Gasteiger partial charge in [0.05, 0.1) is 4.90 Å². The van der Waals surface area contributed by atoms with Crippen LogP contribution >= 0.6 is 0 Å². The summed E-state index contributed by atoms with van der Waals surface area (Å²) >= 11 is 0. The van der Waals surface area contributed by atoms with Crippen molar-refractivity contribution in [2.75, 3.05) is 6.61 Å². The number of rotatable bonds is 6. The summed E-state index contributed by atoms with van der Waals surface area (Å²) in [5, 5.41) is 0. The summed E-state index contributed by atoms with van der Waals surface area (Å²) in [6.45, 7) is 10.9. The van der Waals surface area contributed by atoms with Gasteiger partial charge in [-0.25, -0.2) is 8.42 Å². The maximum Gasteiger partial charge on any atom is 0.272 e. The Labute approximate surface area is 161 Å². The molecule has 1 amide bonds. The van der Waals surface area contributed by atoms with E-state index in [4.69, 9.17) is 4.74 Å². The fraction of sp³-hybridized carbons (Fsp3) is 0.350. The molecule has 0 unspecified atom stereocenters. The third-order valence-electron chi connectivity index (χ3n) is 4.98. The minimum atomic E-state index is -3.91. The van der Waals surface area contributed by atoms with Gasteiger partial charge in [0.2, 0.25) is 0 Å². The molecule has 146 valence electrons. The Hall–Kier alpha value is -2.38. The number of nitrogens with one attached hydrogen (secondary N) is 2. The number of carbonyl (C=O) groups is 1. The number of sulfonamides is 1. The predicted octanol–water partition coefficient (Wildman–Crippen LogP) is 2.93. The zero-order chi connectivity index (χ0) is 20.4. The van der Waals surface area contributed by atoms with Crippen LogP contribution in [0, 0.1) is 41.5 Å². The molecular formula is C20H26N2O4S. The molecule has 0 aromatic heterocycles. The molecule has 0 bridgehead atoms. The van der Waals surface area contributed by atoms with Crippen LogP contribution in [0.4, 0.5) is 0 Å². The Morgan fingerprint density at radius 1 is 0.889 bits per heavy atom. The first-order valence-electron chi connectivity index (χ1n) is 8.62. The van der Waals surface area contributed by atoms with E-state index in [-0.39, 0.29) is 11.5 Å². The van der Waals surface area contributed by atoms with Gasteiger partial charge in [-0.1, -0.05) is 18.2 Å². The highest BCUT2D eigenvalue weighted by atomic mass is 32.2. The number of aryl methyl sites for hydroxylation is 1. The quantitative estimate of drug-likeness (QED) is 0.743. The van der Waals surface area contributed by atoms with E-state index in [0.29, 0.717) is 16.9 Å². The van der Waals surface area contributed by atoms with Crippen LogP contribution < -0.4 is 15.0 Å². The second kappa shape index (κ2) is 8.10. The molecule has 6 nitrogen and oxygen atoms in total. The van der Waals surface area contributed by atoms with Crippen LogP contribution in [0.5, 0.6) is 5.75 Å². The summed E-state index contributed by atoms with van der Waals surface area (Å²) in [7, 11) is -3.91. The zero-order valence-electron chi connectivity index (χ0n) is 16.6. The van der Waals surface area contributed by atoms with Crippen molar-refractivity contribution in [1.82, 2.24) is 10.3 Å². The third-order valence-corrected chi connectivity index (χ3v) is 6.50. The van der Waals surface area contributed by atoms with Crippen molar-refractivity contribution in [3.63, 3.8) is 0 Å². The van der Waals surface area contributed by atoms with Gasteiger partial charge in [-0.15, -0.1) is 4.83 Å². The maximum absolute atomic E-state index is 12.8. The SMILES string of the molecule is Cc1ccccc1OCC(=O)NNS(=O)(=O)c1c(C)c(C)c(C)c(C)c1C. The Bertz CT molecular complexity index is 953. The second-order valence-electron chi connectivity index (χ2n) is 6.66. The molecule has 0 atom stereocenters. The van der Waals surface area contributed by atoms with Gasteiger partial charge in [0.15, 0.2) is 6.61 Å². The maximum atomic E-state index is 12.8. The number of amides is 1. The van der Waals surface area contributed by atoms with Crippen molar-refractivity contribution in [2.45, 2.75) is 46.4 Å². The van der Waals surface area contributed by atoms with Crippen LogP contribution in [0.15, 0.2) is 29.2 Å². The minimum Gasteiger partial charge on any atom is -0.483 e. The van der Waals surface area contributed by atoms with Gasteiger partial charge < -0.3 is 4.74 Å². The molecule has 0 radical (unpaired) electrons. The lowest BCUT2D eigenvalue weighted by molar-refractivity contribution is -0.123. The topological polar surface area (TPSA) is 84.5 Å². The Kier molecular flexibility index (Phi) is 6.28. The standard InChI is InChI=1S/C20H26N2O4S/c1-12-9-7-8-10-18(12)26-11-19(23)21-22-27(24,25)20-16(5)14(3)13(2)15(4)17(20)6/h7-10,22H,11H2,1-6H3,(H,21,23). The van der Waals surface area contributed by atoms with Crippen LogP contribution in [0.25, 0.3) is 0 Å². The van der Waals surface area contributed by atoms with Gasteiger partial charge in [-0.3, -0.25) is 10.2 Å². The van der Waals surface area contributed by atoms with Crippen LogP contribution in [0.2, 0.25) is 0 Å². The van der Waals surface area contributed by atoms with E-state index in [1.165, 1.54) is 0 Å². The van der Waals surface area contributed by atoms with E-state index in [9.17, 15) is 13.2 Å². The Morgan fingerprint density at radius 3 is 1.96 bits per heavy atom. The second-order valence-corrected chi connectivity index (χ2v) is 8.28. The normalized spacial score (nSPS) is 11.3. The summed E-state index contributed by atoms with van der Waals surface area (Å²) in [6, 6.07) is 7.28. The molecule has 2 N–H and O–H groups in total. The number of para-hydroxylation sites is 1. The highest BCUT2D eigenvalue weighted by Crippen LogP contribution is 2.29. The molecule has 27 heavy (non-hydrogen) atoms. The van der Waals surface area contributed by atoms with Crippen molar-refractivity contribution in [2.24, 2.45) is 0 Å². The summed E-state index contributed by atoms with van der Waals surface area (Å²) in [6.07, 6.45) is 0. The van der Waals surface area contributed by atoms with E-state index < -0.39 is 15.9 Å². The number of carbonyl (C=O) groups excluding carboxylic acids is 1. The average molecular weight is 391 g/mol. The largest absolute Gasteiger partial charge is 0.483 e. The summed E-state index contributed by atoms with van der Waals surface area (Å²) in [5.41, 5.74) is 7.37. The van der Waals surface area contributed by atoms with Gasteiger partial charge in [0.25, 0.3) is 15.9 Å². The minimum absolute atomic E-state index is 0.197. The molecule has 0 saturated carbocycles. The van der Waals surface area contributed by atoms with Crippen LogP contribution in [0.1, 0.15) is 33.4 Å². The van der Waals surface area contributed by atoms with Crippen LogP contribution in [-0.4, -0.2) is 20.9 Å². The van der Waals surface area contributed by atoms with Crippen molar-refractivity contribution >= 4 is 15.9 Å². The van der Waals surface area contributed by atoms with E-state index in [0.717, 1.165) is 22.3 Å². The summed E-state index contributed by atoms with van der Waals surface area (Å²) in [5.74, 6) is -0.00956. The number of ether oxygens (including phenoxy) is 1. The smallest absolute Gasteiger partial charge is 0.272 e. The molecule has 0 heterocycles. The number of hydrogen-bond donors (Lipinski definition) is 2. The molecule has 2 aromatic carbocycles. The fourth-order valence-corrected chi connectivity index (χ4v) is 4.40. The summed E-state index contributed by atoms with van der Waals surface area (Å²) in [4.78, 5) is 14.4. The third kappa shape index (κ3) is 4.48. The van der Waals surface area contributed by atoms with Crippen molar-refractivity contribution < 1.29 is 17.9 Å². The molecule has 0 spiro atoms. The molecule has 7 heteroatoms. The highest BCUT2D eigenvalue weighted by molar-refractivity contribution is 7.89. The monoisotopic (exact) mass is 390 g/mol. The van der Waals surface area contributed by atoms with Gasteiger partial charge >= 0.3 is 0 Å². The van der Waals surface area contributed by atoms with Crippen molar-refractivity contribution in [3.05, 3.63) is 57.6 Å². The molecule has 0 aliphatic rings. The van der Waals surface area contributed by atoms with Crippen LogP contribution in [0.3, 0.4) is 0 Å². The zero-order valence-corrected chi connectivity index (χ0v) is 17.4. The molecule has 0 fully saturated rings. The average Bonchev–Trinajstić information content (AvgIpc) is 2.62. The lowest BCUT2D eigenvalue weighted by atomic mass is 9.95. The van der Waals surface area contributed by atoms with Crippen LogP contribution in [-0.2, 0) is 14.8 Å². The number of benzene rings is 2. The molecule has 2 rings (SSSR count). The number of hydrogen-bond acceptors (Lipinski definition) is 4. The molecule has 0 aliphatic heterocycles. The number of hydrazine groups is 1. The van der Waals surface area contributed by atoms with E-state index >= 15 is 0 Å². The molecule has 0 aliphatic carbocycles. The highest BCUT2D eigenvalue weighted by Gasteiger charge is 2.24. The first kappa shape index (κ1) is 20.9.